The highest BCUT2D eigenvalue weighted by molar-refractivity contribution is 8.13. The van der Waals surface area contributed by atoms with Crippen molar-refractivity contribution < 1.29 is 17.9 Å². The standard InChI is InChI=1S/C11H15ClN2O4S/c1-2-8-10(19(12,16)17)9(14-13-8)11(15)18-6-5-7-3-4-7/h7H,2-6H2,1H3,(H,13,14). The normalized spacial score (nSPS) is 15.5. The van der Waals surface area contributed by atoms with Crippen LogP contribution in [0.4, 0.5) is 0 Å². The van der Waals surface area contributed by atoms with Crippen LogP contribution in [0.3, 0.4) is 0 Å². The van der Waals surface area contributed by atoms with E-state index in [9.17, 15) is 13.2 Å². The van der Waals surface area contributed by atoms with E-state index in [2.05, 4.69) is 10.2 Å². The lowest BCUT2D eigenvalue weighted by Gasteiger charge is -2.03. The zero-order valence-electron chi connectivity index (χ0n) is 10.5. The fraction of sp³-hybridized carbons (Fsp3) is 0.636. The second-order valence-electron chi connectivity index (χ2n) is 4.54. The highest BCUT2D eigenvalue weighted by Crippen LogP contribution is 2.32. The molecule has 0 saturated heterocycles. The number of aromatic amines is 1. The molecule has 0 radical (unpaired) electrons. The van der Waals surface area contributed by atoms with Crippen molar-refractivity contribution in [2.75, 3.05) is 6.61 Å². The molecular formula is C11H15ClN2O4S. The van der Waals surface area contributed by atoms with E-state index < -0.39 is 15.0 Å². The molecule has 1 fully saturated rings. The molecule has 8 heteroatoms. The fourth-order valence-corrected chi connectivity index (χ4v) is 3.14. The number of hydrogen-bond donors (Lipinski definition) is 1. The topological polar surface area (TPSA) is 89.1 Å². The number of hydrogen-bond acceptors (Lipinski definition) is 5. The average Bonchev–Trinajstić information content (AvgIpc) is 3.03. The Kier molecular flexibility index (Phi) is 4.15. The summed E-state index contributed by atoms with van der Waals surface area (Å²) in [4.78, 5) is 11.5. The van der Waals surface area contributed by atoms with E-state index in [1.807, 2.05) is 0 Å². The number of halogens is 1. The summed E-state index contributed by atoms with van der Waals surface area (Å²) in [6.45, 7) is 2.01. The quantitative estimate of drug-likeness (QED) is 0.640. The number of H-pyrrole nitrogens is 1. The zero-order chi connectivity index (χ0) is 14.0. The number of ether oxygens (including phenoxy) is 1. The van der Waals surface area contributed by atoms with Gasteiger partial charge in [0.15, 0.2) is 5.69 Å². The first-order valence-electron chi connectivity index (χ1n) is 6.12. The first-order valence-corrected chi connectivity index (χ1v) is 8.43. The van der Waals surface area contributed by atoms with E-state index in [-0.39, 0.29) is 17.2 Å². The molecule has 1 aliphatic carbocycles. The number of aryl methyl sites for hydroxylation is 1. The van der Waals surface area contributed by atoms with Gasteiger partial charge in [-0.3, -0.25) is 5.10 Å². The number of rotatable bonds is 6. The molecule has 1 heterocycles. The van der Waals surface area contributed by atoms with Crippen molar-refractivity contribution in [1.29, 1.82) is 0 Å². The van der Waals surface area contributed by atoms with Gasteiger partial charge in [-0.25, -0.2) is 13.2 Å². The summed E-state index contributed by atoms with van der Waals surface area (Å²) < 4.78 is 28.0. The summed E-state index contributed by atoms with van der Waals surface area (Å²) in [6, 6.07) is 0. The average molecular weight is 307 g/mol. The van der Waals surface area contributed by atoms with Crippen LogP contribution < -0.4 is 0 Å². The Hall–Kier alpha value is -1.08. The monoisotopic (exact) mass is 306 g/mol. The van der Waals surface area contributed by atoms with Crippen molar-refractivity contribution >= 4 is 25.7 Å². The zero-order valence-corrected chi connectivity index (χ0v) is 12.1. The molecule has 1 saturated carbocycles. The maximum atomic E-state index is 11.8. The summed E-state index contributed by atoms with van der Waals surface area (Å²) >= 11 is 0. The number of nitrogens with zero attached hydrogens (tertiary/aromatic N) is 1. The van der Waals surface area contributed by atoms with Gasteiger partial charge in [-0.15, -0.1) is 0 Å². The summed E-state index contributed by atoms with van der Waals surface area (Å²) in [6.07, 6.45) is 3.52. The third-order valence-corrected chi connectivity index (χ3v) is 4.43. The number of carbonyl (C=O) groups excluding carboxylic acids is 1. The highest BCUT2D eigenvalue weighted by Gasteiger charge is 2.29. The Bertz CT molecular complexity index is 578. The minimum absolute atomic E-state index is 0.261. The van der Waals surface area contributed by atoms with Crippen LogP contribution in [0.1, 0.15) is 42.4 Å². The Morgan fingerprint density at radius 3 is 2.74 bits per heavy atom. The molecule has 0 amide bonds. The van der Waals surface area contributed by atoms with E-state index in [1.54, 1.807) is 6.92 Å². The molecular weight excluding hydrogens is 292 g/mol. The largest absolute Gasteiger partial charge is 0.461 e. The molecule has 1 aliphatic rings. The molecule has 1 N–H and O–H groups in total. The van der Waals surface area contributed by atoms with E-state index in [1.165, 1.54) is 12.8 Å². The molecule has 0 aliphatic heterocycles. The molecule has 2 rings (SSSR count). The number of esters is 1. The predicted octanol–water partition coefficient (Wildman–Crippen LogP) is 1.86. The van der Waals surface area contributed by atoms with E-state index in [0.29, 0.717) is 18.0 Å². The molecule has 19 heavy (non-hydrogen) atoms. The molecule has 0 bridgehead atoms. The number of aromatic nitrogens is 2. The van der Waals surface area contributed by atoms with Crippen LogP contribution in [0.5, 0.6) is 0 Å². The molecule has 0 aromatic carbocycles. The van der Waals surface area contributed by atoms with Crippen LogP contribution in [0, 0.1) is 5.92 Å². The Morgan fingerprint density at radius 2 is 2.21 bits per heavy atom. The second-order valence-corrected chi connectivity index (χ2v) is 7.04. The lowest BCUT2D eigenvalue weighted by Crippen LogP contribution is -2.11. The molecule has 6 nitrogen and oxygen atoms in total. The maximum Gasteiger partial charge on any atom is 0.360 e. The van der Waals surface area contributed by atoms with Crippen LogP contribution in [0.25, 0.3) is 0 Å². The third kappa shape index (κ3) is 3.48. The number of nitrogens with one attached hydrogen (secondary N) is 1. The molecule has 0 unspecified atom stereocenters. The van der Waals surface area contributed by atoms with Crippen LogP contribution in [0.2, 0.25) is 0 Å². The van der Waals surface area contributed by atoms with Crippen molar-refractivity contribution in [3.63, 3.8) is 0 Å². The first-order chi connectivity index (χ1) is 8.93. The van der Waals surface area contributed by atoms with Gasteiger partial charge in [0, 0.05) is 10.7 Å². The van der Waals surface area contributed by atoms with Crippen molar-refractivity contribution in [2.24, 2.45) is 5.92 Å². The maximum absolute atomic E-state index is 11.8. The van der Waals surface area contributed by atoms with Gasteiger partial charge in [-0.1, -0.05) is 19.8 Å². The van der Waals surface area contributed by atoms with Gasteiger partial charge in [-0.2, -0.15) is 5.10 Å². The summed E-state index contributed by atoms with van der Waals surface area (Å²) in [5.74, 6) is -0.120. The van der Waals surface area contributed by atoms with Crippen molar-refractivity contribution in [2.45, 2.75) is 37.5 Å². The van der Waals surface area contributed by atoms with Gasteiger partial charge < -0.3 is 4.74 Å². The van der Waals surface area contributed by atoms with Crippen molar-refractivity contribution in [3.05, 3.63) is 11.4 Å². The van der Waals surface area contributed by atoms with E-state index in [4.69, 9.17) is 15.4 Å². The summed E-state index contributed by atoms with van der Waals surface area (Å²) in [7, 11) is 1.30. The van der Waals surface area contributed by atoms with E-state index >= 15 is 0 Å². The smallest absolute Gasteiger partial charge is 0.360 e. The van der Waals surface area contributed by atoms with Gasteiger partial charge in [0.2, 0.25) is 0 Å². The van der Waals surface area contributed by atoms with Gasteiger partial charge >= 0.3 is 5.97 Å². The minimum atomic E-state index is -4.03. The minimum Gasteiger partial charge on any atom is -0.461 e. The van der Waals surface area contributed by atoms with Crippen LogP contribution in [-0.4, -0.2) is 31.2 Å². The van der Waals surface area contributed by atoms with Crippen LogP contribution in [-0.2, 0) is 20.2 Å². The Balaban J connectivity index is 2.13. The number of carbonyl (C=O) groups is 1. The Labute approximate surface area is 115 Å². The molecule has 0 spiro atoms. The molecule has 1 aromatic heterocycles. The van der Waals surface area contributed by atoms with Gasteiger partial charge in [0.05, 0.1) is 12.3 Å². The third-order valence-electron chi connectivity index (χ3n) is 3.04. The molecule has 0 atom stereocenters. The SMILES string of the molecule is CCc1[nH]nc(C(=O)OCCC2CC2)c1S(=O)(=O)Cl. The summed E-state index contributed by atoms with van der Waals surface area (Å²) in [5, 5.41) is 6.21. The van der Waals surface area contributed by atoms with E-state index in [0.717, 1.165) is 6.42 Å². The Morgan fingerprint density at radius 1 is 1.53 bits per heavy atom. The van der Waals surface area contributed by atoms with Crippen molar-refractivity contribution in [1.82, 2.24) is 10.2 Å². The highest BCUT2D eigenvalue weighted by atomic mass is 35.7. The lowest BCUT2D eigenvalue weighted by atomic mass is 10.3. The predicted molar refractivity (Wildman–Crippen MR) is 68.6 cm³/mol. The van der Waals surface area contributed by atoms with Gasteiger partial charge in [0.1, 0.15) is 4.90 Å². The fourth-order valence-electron chi connectivity index (χ4n) is 1.80. The van der Waals surface area contributed by atoms with Crippen LogP contribution >= 0.6 is 10.7 Å². The van der Waals surface area contributed by atoms with Crippen molar-refractivity contribution in [3.8, 4) is 0 Å². The lowest BCUT2D eigenvalue weighted by molar-refractivity contribution is 0.0483. The summed E-state index contributed by atoms with van der Waals surface area (Å²) in [5.41, 5.74) is 0.0480. The molecule has 1 aromatic rings. The first kappa shape index (κ1) is 14.3. The molecule has 106 valence electrons. The second kappa shape index (κ2) is 5.50. The van der Waals surface area contributed by atoms with Crippen LogP contribution in [0.15, 0.2) is 4.90 Å². The van der Waals surface area contributed by atoms with Gasteiger partial charge in [-0.05, 0) is 18.8 Å². The van der Waals surface area contributed by atoms with Gasteiger partial charge in [0.25, 0.3) is 9.05 Å².